The highest BCUT2D eigenvalue weighted by atomic mass is 19.1. The van der Waals surface area contributed by atoms with Crippen LogP contribution in [0.5, 0.6) is 0 Å². The van der Waals surface area contributed by atoms with Crippen molar-refractivity contribution < 1.29 is 19.0 Å². The summed E-state index contributed by atoms with van der Waals surface area (Å²) in [7, 11) is 0. The Kier molecular flexibility index (Phi) is 5.36. The summed E-state index contributed by atoms with van der Waals surface area (Å²) in [6.07, 6.45) is 0.251. The van der Waals surface area contributed by atoms with Gasteiger partial charge in [-0.25, -0.2) is 4.79 Å². The van der Waals surface area contributed by atoms with E-state index in [1.54, 1.807) is 31.2 Å². The molecule has 0 aliphatic carbocycles. The molecule has 1 N–H and O–H groups in total. The van der Waals surface area contributed by atoms with Crippen molar-refractivity contribution in [2.75, 3.05) is 6.61 Å². The number of rotatable bonds is 5. The van der Waals surface area contributed by atoms with Gasteiger partial charge < -0.3 is 9.84 Å². The van der Waals surface area contributed by atoms with E-state index in [1.807, 2.05) is 6.07 Å². The zero-order valence-corrected chi connectivity index (χ0v) is 9.60. The Bertz CT molecular complexity index is 387. The quantitative estimate of drug-likeness (QED) is 0.633. The van der Waals surface area contributed by atoms with Gasteiger partial charge in [0, 0.05) is 0 Å². The van der Waals surface area contributed by atoms with Crippen LogP contribution >= 0.6 is 0 Å². The molecular weight excluding hydrogens is 223 g/mol. The fourth-order valence-electron chi connectivity index (χ4n) is 1.31. The molecule has 0 spiro atoms. The summed E-state index contributed by atoms with van der Waals surface area (Å²) in [5, 5.41) is 9.72. The summed E-state index contributed by atoms with van der Waals surface area (Å²) in [4.78, 5) is 10.9. The van der Waals surface area contributed by atoms with Gasteiger partial charge in [-0.05, 0) is 25.0 Å². The van der Waals surface area contributed by atoms with Crippen molar-refractivity contribution in [3.63, 3.8) is 0 Å². The fraction of sp³-hybridized carbons (Fsp3) is 0.308. The molecule has 0 aliphatic heterocycles. The second kappa shape index (κ2) is 6.81. The number of carbonyl (C=O) groups is 1. The van der Waals surface area contributed by atoms with E-state index < -0.39 is 17.9 Å². The molecular formula is C13H15FO3. The van der Waals surface area contributed by atoms with E-state index in [1.165, 1.54) is 0 Å². The van der Waals surface area contributed by atoms with Crippen LogP contribution < -0.4 is 0 Å². The average Bonchev–Trinajstić information content (AvgIpc) is 2.36. The summed E-state index contributed by atoms with van der Waals surface area (Å²) in [6.45, 7) is 1.73. The number of benzene rings is 1. The average molecular weight is 238 g/mol. The monoisotopic (exact) mass is 238 g/mol. The lowest BCUT2D eigenvalue weighted by atomic mass is 10.1. The SMILES string of the molecule is CCOC(=O)/C(F)=C\CC(O)c1ccccc1. The van der Waals surface area contributed by atoms with E-state index in [2.05, 4.69) is 4.74 Å². The molecule has 1 aromatic carbocycles. The van der Waals surface area contributed by atoms with Gasteiger partial charge in [0.2, 0.25) is 5.83 Å². The molecule has 4 heteroatoms. The molecule has 3 nitrogen and oxygen atoms in total. The van der Waals surface area contributed by atoms with Crippen LogP contribution in [0.4, 0.5) is 4.39 Å². The van der Waals surface area contributed by atoms with Crippen LogP contribution in [-0.4, -0.2) is 17.7 Å². The molecule has 0 saturated carbocycles. The minimum atomic E-state index is -0.993. The maximum Gasteiger partial charge on any atom is 0.366 e. The minimum Gasteiger partial charge on any atom is -0.461 e. The standard InChI is InChI=1S/C13H15FO3/c1-2-17-13(16)11(14)8-9-12(15)10-6-4-3-5-7-10/h3-8,12,15H,2,9H2,1H3/b11-8+. The van der Waals surface area contributed by atoms with Gasteiger partial charge in [-0.15, -0.1) is 0 Å². The van der Waals surface area contributed by atoms with Gasteiger partial charge in [-0.3, -0.25) is 0 Å². The van der Waals surface area contributed by atoms with Gasteiger partial charge in [-0.1, -0.05) is 30.3 Å². The van der Waals surface area contributed by atoms with E-state index in [0.29, 0.717) is 5.56 Å². The third-order valence-corrected chi connectivity index (χ3v) is 2.18. The smallest absolute Gasteiger partial charge is 0.366 e. The summed E-state index contributed by atoms with van der Waals surface area (Å²) in [6, 6.07) is 8.86. The van der Waals surface area contributed by atoms with Crippen molar-refractivity contribution in [1.82, 2.24) is 0 Å². The Balaban J connectivity index is 2.55. The van der Waals surface area contributed by atoms with Gasteiger partial charge in [0.25, 0.3) is 0 Å². The Labute approximate surface area is 99.5 Å². The summed E-state index contributed by atoms with van der Waals surface area (Å²) in [5.74, 6) is -1.96. The Morgan fingerprint density at radius 2 is 2.12 bits per heavy atom. The predicted octanol–water partition coefficient (Wildman–Crippen LogP) is 2.53. The maximum absolute atomic E-state index is 13.1. The van der Waals surface area contributed by atoms with Crippen LogP contribution in [0.2, 0.25) is 0 Å². The molecule has 1 aromatic rings. The van der Waals surface area contributed by atoms with E-state index in [0.717, 1.165) is 6.08 Å². The highest BCUT2D eigenvalue weighted by Gasteiger charge is 2.11. The molecule has 0 amide bonds. The Morgan fingerprint density at radius 3 is 2.71 bits per heavy atom. The van der Waals surface area contributed by atoms with Gasteiger partial charge in [-0.2, -0.15) is 4.39 Å². The van der Waals surface area contributed by atoms with Gasteiger partial charge >= 0.3 is 5.97 Å². The predicted molar refractivity (Wildman–Crippen MR) is 61.8 cm³/mol. The number of hydrogen-bond donors (Lipinski definition) is 1. The zero-order chi connectivity index (χ0) is 12.7. The Hall–Kier alpha value is -1.68. The van der Waals surface area contributed by atoms with Crippen molar-refractivity contribution >= 4 is 5.97 Å². The van der Waals surface area contributed by atoms with E-state index in [-0.39, 0.29) is 13.0 Å². The summed E-state index contributed by atoms with van der Waals surface area (Å²) < 4.78 is 17.6. The summed E-state index contributed by atoms with van der Waals surface area (Å²) >= 11 is 0. The van der Waals surface area contributed by atoms with Crippen LogP contribution in [0, 0.1) is 0 Å². The number of ether oxygens (including phenoxy) is 1. The van der Waals surface area contributed by atoms with Gasteiger partial charge in [0.15, 0.2) is 0 Å². The molecule has 0 radical (unpaired) electrons. The van der Waals surface area contributed by atoms with Gasteiger partial charge in [0.05, 0.1) is 12.7 Å². The third kappa shape index (κ3) is 4.36. The van der Waals surface area contributed by atoms with Gasteiger partial charge in [0.1, 0.15) is 0 Å². The first kappa shape index (κ1) is 13.4. The van der Waals surface area contributed by atoms with E-state index in [9.17, 15) is 14.3 Å². The number of aliphatic hydroxyl groups is 1. The zero-order valence-electron chi connectivity index (χ0n) is 9.60. The lowest BCUT2D eigenvalue weighted by molar-refractivity contribution is -0.140. The number of carbonyl (C=O) groups excluding carboxylic acids is 1. The van der Waals surface area contributed by atoms with Crippen LogP contribution in [0.1, 0.15) is 25.0 Å². The molecule has 92 valence electrons. The molecule has 0 saturated heterocycles. The lowest BCUT2D eigenvalue weighted by Gasteiger charge is -2.07. The number of hydrogen-bond acceptors (Lipinski definition) is 3. The second-order valence-corrected chi connectivity index (χ2v) is 3.43. The van der Waals surface area contributed by atoms with Crippen molar-refractivity contribution in [2.45, 2.75) is 19.4 Å². The molecule has 0 heterocycles. The molecule has 1 atom stereocenters. The minimum absolute atomic E-state index is 0.0364. The van der Waals surface area contributed by atoms with Crippen molar-refractivity contribution in [3.05, 3.63) is 47.8 Å². The first-order valence-electron chi connectivity index (χ1n) is 5.41. The maximum atomic E-state index is 13.1. The second-order valence-electron chi connectivity index (χ2n) is 3.43. The van der Waals surface area contributed by atoms with Crippen LogP contribution in [0.15, 0.2) is 42.2 Å². The third-order valence-electron chi connectivity index (χ3n) is 2.18. The topological polar surface area (TPSA) is 46.5 Å². The first-order valence-corrected chi connectivity index (χ1v) is 5.41. The number of esters is 1. The van der Waals surface area contributed by atoms with Crippen LogP contribution in [0.25, 0.3) is 0 Å². The fourth-order valence-corrected chi connectivity index (χ4v) is 1.31. The highest BCUT2D eigenvalue weighted by Crippen LogP contribution is 2.17. The van der Waals surface area contributed by atoms with Crippen molar-refractivity contribution in [2.24, 2.45) is 0 Å². The van der Waals surface area contributed by atoms with Crippen molar-refractivity contribution in [3.8, 4) is 0 Å². The number of halogens is 1. The largest absolute Gasteiger partial charge is 0.461 e. The molecule has 1 unspecified atom stereocenters. The molecule has 1 rings (SSSR count). The lowest BCUT2D eigenvalue weighted by Crippen LogP contribution is -2.05. The van der Waals surface area contributed by atoms with E-state index in [4.69, 9.17) is 0 Å². The Morgan fingerprint density at radius 1 is 1.47 bits per heavy atom. The number of aliphatic hydroxyl groups excluding tert-OH is 1. The van der Waals surface area contributed by atoms with Crippen LogP contribution in [-0.2, 0) is 9.53 Å². The van der Waals surface area contributed by atoms with Crippen molar-refractivity contribution in [1.29, 1.82) is 0 Å². The summed E-state index contributed by atoms with van der Waals surface area (Å²) in [5.41, 5.74) is 0.681. The molecule has 17 heavy (non-hydrogen) atoms. The molecule has 0 aromatic heterocycles. The molecule has 0 fully saturated rings. The highest BCUT2D eigenvalue weighted by molar-refractivity contribution is 5.85. The van der Waals surface area contributed by atoms with Crippen LogP contribution in [0.3, 0.4) is 0 Å². The molecule has 0 aliphatic rings. The van der Waals surface area contributed by atoms with E-state index >= 15 is 0 Å². The normalized spacial score (nSPS) is 13.2. The first-order chi connectivity index (χ1) is 8.15. The molecule has 0 bridgehead atoms.